The van der Waals surface area contributed by atoms with Crippen molar-refractivity contribution >= 4 is 5.91 Å². The summed E-state index contributed by atoms with van der Waals surface area (Å²) in [5, 5.41) is 14.8. The Balaban J connectivity index is 1.32. The molecular weight excluding hydrogens is 406 g/mol. The topological polar surface area (TPSA) is 97.3 Å². The molecule has 1 N–H and O–H groups in total. The molecule has 2 atom stereocenters. The first kappa shape index (κ1) is 22.2. The molecule has 0 bridgehead atoms. The van der Waals surface area contributed by atoms with Crippen LogP contribution < -0.4 is 0 Å². The van der Waals surface area contributed by atoms with Crippen LogP contribution in [0.15, 0.2) is 41.2 Å². The first-order chi connectivity index (χ1) is 15.4. The maximum Gasteiger partial charge on any atom is 0.227 e. The average Bonchev–Trinajstić information content (AvgIpc) is 3.46. The van der Waals surface area contributed by atoms with Gasteiger partial charge in [-0.05, 0) is 24.3 Å². The first-order valence-electron chi connectivity index (χ1n) is 11.3. The van der Waals surface area contributed by atoms with Crippen molar-refractivity contribution in [2.45, 2.75) is 51.6 Å². The van der Waals surface area contributed by atoms with E-state index in [1.807, 2.05) is 34.8 Å². The number of hydrogen-bond acceptors (Lipinski definition) is 6. The molecule has 0 radical (unpaired) electrons. The van der Waals surface area contributed by atoms with E-state index in [-0.39, 0.29) is 11.8 Å². The van der Waals surface area contributed by atoms with Gasteiger partial charge < -0.3 is 19.1 Å². The highest BCUT2D eigenvalue weighted by Gasteiger charge is 2.31. The maximum atomic E-state index is 12.8. The predicted octanol–water partition coefficient (Wildman–Crippen LogP) is 3.50. The molecule has 2 aromatic heterocycles. The van der Waals surface area contributed by atoms with E-state index < -0.39 is 6.10 Å². The number of aryl methyl sites for hydroxylation is 2. The van der Waals surface area contributed by atoms with E-state index in [0.29, 0.717) is 49.4 Å². The van der Waals surface area contributed by atoms with Gasteiger partial charge in [-0.25, -0.2) is 4.98 Å². The van der Waals surface area contributed by atoms with Crippen molar-refractivity contribution in [3.63, 3.8) is 0 Å². The Labute approximate surface area is 188 Å². The van der Waals surface area contributed by atoms with Crippen LogP contribution in [0.5, 0.6) is 0 Å². The van der Waals surface area contributed by atoms with Gasteiger partial charge in [0.05, 0.1) is 0 Å². The lowest BCUT2D eigenvalue weighted by molar-refractivity contribution is -0.134. The van der Waals surface area contributed by atoms with E-state index in [4.69, 9.17) is 4.52 Å². The molecule has 1 aliphatic rings. The Hall–Kier alpha value is -3.00. The quantitative estimate of drug-likeness (QED) is 0.608. The molecule has 32 heavy (non-hydrogen) atoms. The Kier molecular flexibility index (Phi) is 6.69. The Morgan fingerprint density at radius 2 is 2.06 bits per heavy atom. The van der Waals surface area contributed by atoms with Gasteiger partial charge in [-0.2, -0.15) is 4.98 Å². The number of likely N-dealkylation sites (tertiary alicyclic amines) is 1. The lowest BCUT2D eigenvalue weighted by atomic mass is 9.91. The molecule has 8 nitrogen and oxygen atoms in total. The molecule has 2 unspecified atom stereocenters. The standard InChI is InChI=1S/C24H31N5O3/c1-16(2)17-6-8-18(9-7-17)23-26-20(32-27-23)10-11-21(30)29-13-4-5-19(15-29)22(31)24-25-12-14-28(24)3/h6-9,12,14,16,19,22,31H,4-5,10-11,13,15H2,1-3H3. The van der Waals surface area contributed by atoms with Crippen LogP contribution in [0.2, 0.25) is 0 Å². The summed E-state index contributed by atoms with van der Waals surface area (Å²) in [5.41, 5.74) is 2.16. The second-order valence-electron chi connectivity index (χ2n) is 8.87. The zero-order valence-corrected chi connectivity index (χ0v) is 18.9. The largest absolute Gasteiger partial charge is 0.385 e. The number of benzene rings is 1. The fourth-order valence-corrected chi connectivity index (χ4v) is 4.23. The molecule has 1 aliphatic heterocycles. The Bertz CT molecular complexity index is 1040. The van der Waals surface area contributed by atoms with E-state index in [9.17, 15) is 9.90 Å². The number of nitrogens with zero attached hydrogens (tertiary/aromatic N) is 5. The number of rotatable bonds is 7. The molecule has 0 spiro atoms. The molecule has 1 fully saturated rings. The zero-order valence-electron chi connectivity index (χ0n) is 18.9. The molecule has 3 heterocycles. The highest BCUT2D eigenvalue weighted by molar-refractivity contribution is 5.76. The minimum atomic E-state index is -0.675. The minimum absolute atomic E-state index is 0.0161. The molecule has 1 aromatic carbocycles. The number of piperidine rings is 1. The normalized spacial score (nSPS) is 17.7. The number of hydrogen-bond donors (Lipinski definition) is 1. The van der Waals surface area contributed by atoms with Crippen molar-refractivity contribution in [1.29, 1.82) is 0 Å². The van der Waals surface area contributed by atoms with Crippen LogP contribution in [0, 0.1) is 5.92 Å². The number of amides is 1. The summed E-state index contributed by atoms with van der Waals surface area (Å²) in [7, 11) is 1.87. The third kappa shape index (κ3) is 4.91. The fourth-order valence-electron chi connectivity index (χ4n) is 4.23. The summed E-state index contributed by atoms with van der Waals surface area (Å²) in [6.45, 7) is 5.55. The SMILES string of the molecule is CC(C)c1ccc(-c2noc(CCC(=O)N3CCCC(C(O)c4nccn4C)C3)n2)cc1. The third-order valence-corrected chi connectivity index (χ3v) is 6.24. The second-order valence-corrected chi connectivity index (χ2v) is 8.87. The summed E-state index contributed by atoms with van der Waals surface area (Å²) < 4.78 is 7.20. The van der Waals surface area contributed by atoms with Crippen LogP contribution in [-0.2, 0) is 18.3 Å². The summed E-state index contributed by atoms with van der Waals surface area (Å²) >= 11 is 0. The molecule has 8 heteroatoms. The number of carbonyl (C=O) groups excluding carboxylic acids is 1. The molecule has 3 aromatic rings. The number of aromatic nitrogens is 4. The van der Waals surface area contributed by atoms with Crippen molar-refractivity contribution in [3.8, 4) is 11.4 Å². The summed E-state index contributed by atoms with van der Waals surface area (Å²) in [6, 6.07) is 8.14. The lowest BCUT2D eigenvalue weighted by Gasteiger charge is -2.35. The fraction of sp³-hybridized carbons (Fsp3) is 0.500. The highest BCUT2D eigenvalue weighted by Crippen LogP contribution is 2.29. The minimum Gasteiger partial charge on any atom is -0.385 e. The van der Waals surface area contributed by atoms with Crippen molar-refractivity contribution in [2.24, 2.45) is 13.0 Å². The molecule has 0 saturated carbocycles. The van der Waals surface area contributed by atoms with Crippen LogP contribution in [0.25, 0.3) is 11.4 Å². The highest BCUT2D eigenvalue weighted by atomic mass is 16.5. The van der Waals surface area contributed by atoms with Gasteiger partial charge in [0.2, 0.25) is 17.6 Å². The number of aliphatic hydroxyl groups is 1. The predicted molar refractivity (Wildman–Crippen MR) is 120 cm³/mol. The smallest absolute Gasteiger partial charge is 0.227 e. The van der Waals surface area contributed by atoms with Gasteiger partial charge in [-0.3, -0.25) is 4.79 Å². The number of carbonyl (C=O) groups is 1. The van der Waals surface area contributed by atoms with Crippen LogP contribution in [-0.4, -0.2) is 48.7 Å². The van der Waals surface area contributed by atoms with Gasteiger partial charge in [-0.1, -0.05) is 43.3 Å². The van der Waals surface area contributed by atoms with Crippen molar-refractivity contribution in [1.82, 2.24) is 24.6 Å². The molecule has 0 aliphatic carbocycles. The Morgan fingerprint density at radius 1 is 1.28 bits per heavy atom. The third-order valence-electron chi connectivity index (χ3n) is 6.24. The Morgan fingerprint density at radius 3 is 2.75 bits per heavy atom. The van der Waals surface area contributed by atoms with E-state index in [0.717, 1.165) is 18.4 Å². The number of imidazole rings is 1. The van der Waals surface area contributed by atoms with Crippen molar-refractivity contribution in [2.75, 3.05) is 13.1 Å². The van der Waals surface area contributed by atoms with E-state index in [2.05, 4.69) is 41.1 Å². The molecule has 4 rings (SSSR count). The molecule has 170 valence electrons. The van der Waals surface area contributed by atoms with Crippen LogP contribution in [0.3, 0.4) is 0 Å². The van der Waals surface area contributed by atoms with E-state index in [1.165, 1.54) is 5.56 Å². The average molecular weight is 438 g/mol. The van der Waals surface area contributed by atoms with E-state index >= 15 is 0 Å². The second kappa shape index (κ2) is 9.65. The zero-order chi connectivity index (χ0) is 22.7. The van der Waals surface area contributed by atoms with Gasteiger partial charge in [0.1, 0.15) is 11.9 Å². The summed E-state index contributed by atoms with van der Waals surface area (Å²) in [6.07, 6.45) is 5.28. The summed E-state index contributed by atoms with van der Waals surface area (Å²) in [5.74, 6) is 2.14. The van der Waals surface area contributed by atoms with Gasteiger partial charge in [0.25, 0.3) is 0 Å². The lowest BCUT2D eigenvalue weighted by Crippen LogP contribution is -2.42. The molecule has 1 saturated heterocycles. The van der Waals surface area contributed by atoms with Crippen molar-refractivity contribution in [3.05, 3.63) is 53.9 Å². The van der Waals surface area contributed by atoms with Gasteiger partial charge >= 0.3 is 0 Å². The monoisotopic (exact) mass is 437 g/mol. The van der Waals surface area contributed by atoms with Gasteiger partial charge in [-0.15, -0.1) is 0 Å². The summed E-state index contributed by atoms with van der Waals surface area (Å²) in [4.78, 5) is 23.4. The van der Waals surface area contributed by atoms with Gasteiger partial charge in [0, 0.05) is 56.9 Å². The first-order valence-corrected chi connectivity index (χ1v) is 11.3. The van der Waals surface area contributed by atoms with Crippen LogP contribution in [0.1, 0.15) is 62.4 Å². The van der Waals surface area contributed by atoms with E-state index in [1.54, 1.807) is 6.20 Å². The number of aliphatic hydroxyl groups excluding tert-OH is 1. The van der Waals surface area contributed by atoms with Crippen LogP contribution in [0.4, 0.5) is 0 Å². The molecule has 1 amide bonds. The van der Waals surface area contributed by atoms with Gasteiger partial charge in [0.15, 0.2) is 0 Å². The maximum absolute atomic E-state index is 12.8. The van der Waals surface area contributed by atoms with Crippen molar-refractivity contribution < 1.29 is 14.4 Å². The molecular formula is C24H31N5O3. The van der Waals surface area contributed by atoms with Crippen LogP contribution >= 0.6 is 0 Å².